The average Bonchev–Trinajstić information content (AvgIpc) is 3.02. The second kappa shape index (κ2) is 6.49. The lowest BCUT2D eigenvalue weighted by Crippen LogP contribution is -2.52. The molecule has 0 unspecified atom stereocenters. The third-order valence-electron chi connectivity index (χ3n) is 4.16. The van der Waals surface area contributed by atoms with E-state index in [2.05, 4.69) is 9.97 Å². The van der Waals surface area contributed by atoms with Crippen molar-refractivity contribution in [1.29, 1.82) is 0 Å². The fourth-order valence-corrected chi connectivity index (χ4v) is 2.95. The number of aryl methyl sites for hydroxylation is 1. The number of carbonyl (C=O) groups is 2. The number of aromatic nitrogens is 2. The van der Waals surface area contributed by atoms with Crippen LogP contribution in [0.4, 0.5) is 5.82 Å². The normalized spacial score (nSPS) is 21.8. The predicted octanol–water partition coefficient (Wildman–Crippen LogP) is 0.0221. The number of amides is 1. The monoisotopic (exact) mass is 320 g/mol. The summed E-state index contributed by atoms with van der Waals surface area (Å²) in [6.45, 7) is 4.10. The molecule has 2 aliphatic heterocycles. The lowest BCUT2D eigenvalue weighted by Gasteiger charge is -2.34. The van der Waals surface area contributed by atoms with Crippen molar-refractivity contribution in [3.05, 3.63) is 17.6 Å². The van der Waals surface area contributed by atoms with Crippen molar-refractivity contribution >= 4 is 17.7 Å². The van der Waals surface area contributed by atoms with Gasteiger partial charge in [0.1, 0.15) is 18.2 Å². The van der Waals surface area contributed by atoms with E-state index in [1.165, 1.54) is 4.90 Å². The zero-order chi connectivity index (χ0) is 16.4. The molecule has 0 bridgehead atoms. The molecular weight excluding hydrogens is 300 g/mol. The van der Waals surface area contributed by atoms with Gasteiger partial charge in [0.2, 0.25) is 5.91 Å². The van der Waals surface area contributed by atoms with E-state index < -0.39 is 5.97 Å². The van der Waals surface area contributed by atoms with Crippen LogP contribution in [0, 0.1) is 6.92 Å². The molecule has 23 heavy (non-hydrogen) atoms. The van der Waals surface area contributed by atoms with E-state index in [0.29, 0.717) is 25.5 Å². The van der Waals surface area contributed by atoms with Gasteiger partial charge in [0.15, 0.2) is 0 Å². The van der Waals surface area contributed by atoms with Gasteiger partial charge in [-0.3, -0.25) is 9.59 Å². The number of ether oxygens (including phenoxy) is 1. The van der Waals surface area contributed by atoms with Crippen molar-refractivity contribution in [3.8, 4) is 0 Å². The highest BCUT2D eigenvalue weighted by atomic mass is 16.5. The lowest BCUT2D eigenvalue weighted by molar-refractivity contribution is -0.144. The Labute approximate surface area is 134 Å². The van der Waals surface area contributed by atoms with Crippen molar-refractivity contribution < 1.29 is 19.4 Å². The highest BCUT2D eigenvalue weighted by Gasteiger charge is 2.27. The number of anilines is 1. The Morgan fingerprint density at radius 1 is 1.43 bits per heavy atom. The molecule has 0 radical (unpaired) electrons. The van der Waals surface area contributed by atoms with Crippen LogP contribution >= 0.6 is 0 Å². The Hall–Kier alpha value is -2.22. The van der Waals surface area contributed by atoms with Gasteiger partial charge in [-0.2, -0.15) is 0 Å². The van der Waals surface area contributed by atoms with Crippen molar-refractivity contribution in [2.24, 2.45) is 0 Å². The van der Waals surface area contributed by atoms with E-state index in [1.54, 1.807) is 0 Å². The van der Waals surface area contributed by atoms with E-state index in [4.69, 9.17) is 9.84 Å². The molecule has 124 valence electrons. The van der Waals surface area contributed by atoms with Crippen LogP contribution in [-0.4, -0.2) is 71.2 Å². The summed E-state index contributed by atoms with van der Waals surface area (Å²) in [5.41, 5.74) is 0.949. The summed E-state index contributed by atoms with van der Waals surface area (Å²) in [5.74, 6) is 0.487. The summed E-state index contributed by atoms with van der Waals surface area (Å²) in [4.78, 5) is 35.0. The van der Waals surface area contributed by atoms with Gasteiger partial charge in [-0.15, -0.1) is 0 Å². The number of hydrogen-bond donors (Lipinski definition) is 1. The Kier molecular flexibility index (Phi) is 4.42. The van der Waals surface area contributed by atoms with Crippen LogP contribution in [0.5, 0.6) is 0 Å². The maximum atomic E-state index is 12.1. The van der Waals surface area contributed by atoms with Gasteiger partial charge < -0.3 is 19.6 Å². The number of rotatable bonds is 4. The fraction of sp³-hybridized carbons (Fsp3) is 0.600. The summed E-state index contributed by atoms with van der Waals surface area (Å²) >= 11 is 0. The van der Waals surface area contributed by atoms with Gasteiger partial charge in [0.25, 0.3) is 0 Å². The second-order valence-corrected chi connectivity index (χ2v) is 5.89. The zero-order valence-electron chi connectivity index (χ0n) is 13.1. The van der Waals surface area contributed by atoms with Gasteiger partial charge in [-0.05, 0) is 13.3 Å². The van der Waals surface area contributed by atoms with Gasteiger partial charge in [-0.25, -0.2) is 9.97 Å². The van der Waals surface area contributed by atoms with Crippen molar-refractivity contribution in [1.82, 2.24) is 14.9 Å². The molecule has 8 nitrogen and oxygen atoms in total. The minimum atomic E-state index is -0.992. The van der Waals surface area contributed by atoms with Crippen molar-refractivity contribution in [3.63, 3.8) is 0 Å². The third kappa shape index (κ3) is 3.58. The predicted molar refractivity (Wildman–Crippen MR) is 81.4 cm³/mol. The molecule has 2 saturated heterocycles. The van der Waals surface area contributed by atoms with Crippen LogP contribution in [0.25, 0.3) is 0 Å². The first kappa shape index (κ1) is 15.7. The van der Waals surface area contributed by atoms with Crippen molar-refractivity contribution in [2.45, 2.75) is 19.3 Å². The minimum absolute atomic E-state index is 0.143. The van der Waals surface area contributed by atoms with Gasteiger partial charge >= 0.3 is 5.97 Å². The molecule has 2 aliphatic rings. The molecule has 1 aromatic heterocycles. The summed E-state index contributed by atoms with van der Waals surface area (Å²) in [5, 5.41) is 8.82. The molecular formula is C15H20N4O4. The minimum Gasteiger partial charge on any atom is -0.480 e. The van der Waals surface area contributed by atoms with E-state index in [-0.39, 0.29) is 24.9 Å². The van der Waals surface area contributed by atoms with E-state index in [0.717, 1.165) is 24.5 Å². The average molecular weight is 320 g/mol. The Morgan fingerprint density at radius 3 is 2.91 bits per heavy atom. The largest absolute Gasteiger partial charge is 0.480 e. The van der Waals surface area contributed by atoms with Crippen molar-refractivity contribution in [2.75, 3.05) is 44.3 Å². The zero-order valence-corrected chi connectivity index (χ0v) is 13.1. The molecule has 1 N–H and O–H groups in total. The smallest absolute Gasteiger partial charge is 0.323 e. The first-order chi connectivity index (χ1) is 11.0. The third-order valence-corrected chi connectivity index (χ3v) is 4.16. The number of piperazine rings is 1. The molecule has 1 amide bonds. The molecule has 2 fully saturated rings. The Balaban J connectivity index is 1.74. The van der Waals surface area contributed by atoms with Crippen LogP contribution in [-0.2, 0) is 14.3 Å². The standard InChI is InChI=1S/C15H20N4O4/c1-10-16-12(11-2-5-23-9-11)6-13(17-10)18-3-4-19(8-15(21)22)14(20)7-18/h6,11H,2-5,7-9H2,1H3,(H,21,22)/t11-/m0/s1. The second-order valence-electron chi connectivity index (χ2n) is 5.89. The number of hydrogen-bond acceptors (Lipinski definition) is 6. The molecule has 3 rings (SSSR count). The number of carboxylic acid groups (broad SMARTS) is 1. The highest BCUT2D eigenvalue weighted by molar-refractivity contribution is 5.85. The summed E-state index contributed by atoms with van der Waals surface area (Å²) in [6, 6.07) is 1.92. The molecule has 0 saturated carbocycles. The van der Waals surface area contributed by atoms with Gasteiger partial charge in [0, 0.05) is 31.7 Å². The van der Waals surface area contributed by atoms with E-state index in [1.807, 2.05) is 17.9 Å². The molecule has 8 heteroatoms. The number of nitrogens with zero attached hydrogens (tertiary/aromatic N) is 4. The molecule has 1 atom stereocenters. The highest BCUT2D eigenvalue weighted by Crippen LogP contribution is 2.26. The van der Waals surface area contributed by atoms with E-state index >= 15 is 0 Å². The fourth-order valence-electron chi connectivity index (χ4n) is 2.95. The number of carbonyl (C=O) groups excluding carboxylic acids is 1. The van der Waals surface area contributed by atoms with Gasteiger partial charge in [0.05, 0.1) is 18.8 Å². The summed E-state index contributed by atoms with van der Waals surface area (Å²) < 4.78 is 5.41. The SMILES string of the molecule is Cc1nc([C@H]2CCOC2)cc(N2CCN(CC(=O)O)C(=O)C2)n1. The summed E-state index contributed by atoms with van der Waals surface area (Å²) in [6.07, 6.45) is 0.946. The molecule has 0 spiro atoms. The Bertz CT molecular complexity index is 615. The summed E-state index contributed by atoms with van der Waals surface area (Å²) in [7, 11) is 0. The molecule has 0 aromatic carbocycles. The van der Waals surface area contributed by atoms with Crippen LogP contribution in [0.1, 0.15) is 23.9 Å². The lowest BCUT2D eigenvalue weighted by atomic mass is 10.0. The molecule has 3 heterocycles. The maximum absolute atomic E-state index is 12.1. The Morgan fingerprint density at radius 2 is 2.26 bits per heavy atom. The quantitative estimate of drug-likeness (QED) is 0.835. The van der Waals surface area contributed by atoms with Gasteiger partial charge in [-0.1, -0.05) is 0 Å². The van der Waals surface area contributed by atoms with Crippen LogP contribution in [0.3, 0.4) is 0 Å². The molecule has 1 aromatic rings. The topological polar surface area (TPSA) is 95.9 Å². The van der Waals surface area contributed by atoms with Crippen LogP contribution in [0.15, 0.2) is 6.07 Å². The number of aliphatic carboxylic acids is 1. The van der Waals surface area contributed by atoms with E-state index in [9.17, 15) is 9.59 Å². The molecule has 0 aliphatic carbocycles. The van der Waals surface area contributed by atoms with Crippen LogP contribution < -0.4 is 4.90 Å². The maximum Gasteiger partial charge on any atom is 0.323 e. The first-order valence-electron chi connectivity index (χ1n) is 7.71. The number of carboxylic acids is 1. The first-order valence-corrected chi connectivity index (χ1v) is 7.71. The van der Waals surface area contributed by atoms with Crippen LogP contribution in [0.2, 0.25) is 0 Å².